The fourth-order valence-electron chi connectivity index (χ4n) is 2.24. The summed E-state index contributed by atoms with van der Waals surface area (Å²) < 4.78 is 0. The van der Waals surface area contributed by atoms with Crippen LogP contribution in [0.25, 0.3) is 0 Å². The van der Waals surface area contributed by atoms with Crippen molar-refractivity contribution in [1.82, 2.24) is 0 Å². The third-order valence-electron chi connectivity index (χ3n) is 3.59. The van der Waals surface area contributed by atoms with Gasteiger partial charge in [0.25, 0.3) is 22.7 Å². The van der Waals surface area contributed by atoms with Gasteiger partial charge in [-0.3, -0.25) is 40.5 Å². The molecule has 0 radical (unpaired) electrons. The van der Waals surface area contributed by atoms with E-state index >= 15 is 0 Å². The molecule has 32 heavy (non-hydrogen) atoms. The Balaban J connectivity index is 2.71. The highest BCUT2D eigenvalue weighted by molar-refractivity contribution is 8.76. The summed E-state index contributed by atoms with van der Waals surface area (Å²) in [4.78, 5) is 61.6. The van der Waals surface area contributed by atoms with Crippen LogP contribution in [0.4, 0.5) is 22.7 Å². The van der Waals surface area contributed by atoms with Crippen molar-refractivity contribution < 1.29 is 39.5 Å². The van der Waals surface area contributed by atoms with Gasteiger partial charge in [-0.05, 0) is 21.6 Å². The van der Waals surface area contributed by atoms with Crippen molar-refractivity contribution in [2.75, 3.05) is 0 Å². The molecule has 2 rings (SSSR count). The van der Waals surface area contributed by atoms with Crippen molar-refractivity contribution in [3.8, 4) is 0 Å². The molecule has 166 valence electrons. The summed E-state index contributed by atoms with van der Waals surface area (Å²) in [5, 5.41) is 63.4. The first-order valence-corrected chi connectivity index (χ1v) is 9.74. The number of rotatable bonds is 9. The SMILES string of the molecule is O=C(O)c1cc([N+](=O)[O-])c(SSc2c([N+](=O)[O-])cc(C(=O)O)cc2[N+](=O)[O-])c([N+](=O)[O-])c1. The highest BCUT2D eigenvalue weighted by Gasteiger charge is 2.33. The summed E-state index contributed by atoms with van der Waals surface area (Å²) in [7, 11) is 0.331. The largest absolute Gasteiger partial charge is 0.478 e. The second-order valence-electron chi connectivity index (χ2n) is 5.49. The molecule has 0 atom stereocenters. The summed E-state index contributed by atoms with van der Waals surface area (Å²) in [5.74, 6) is -3.40. The highest BCUT2D eigenvalue weighted by atomic mass is 33.1. The zero-order chi connectivity index (χ0) is 24.3. The molecule has 0 saturated heterocycles. The van der Waals surface area contributed by atoms with Crippen LogP contribution in [0.2, 0.25) is 0 Å². The maximum absolute atomic E-state index is 11.3. The predicted octanol–water partition coefficient (Wildman–Crippen LogP) is 3.52. The summed E-state index contributed by atoms with van der Waals surface area (Å²) in [6, 6.07) is 2.09. The fourth-order valence-corrected chi connectivity index (χ4v) is 4.81. The molecule has 2 aromatic carbocycles. The zero-order valence-electron chi connectivity index (χ0n) is 14.9. The number of hydrogen-bond acceptors (Lipinski definition) is 12. The Morgan fingerprint density at radius 1 is 0.594 bits per heavy atom. The van der Waals surface area contributed by atoms with Crippen molar-refractivity contribution in [3.63, 3.8) is 0 Å². The summed E-state index contributed by atoms with van der Waals surface area (Å²) >= 11 is 0. The molecule has 0 aliphatic heterocycles. The normalized spacial score (nSPS) is 10.4. The van der Waals surface area contributed by atoms with Crippen molar-refractivity contribution >= 4 is 56.3 Å². The van der Waals surface area contributed by atoms with Gasteiger partial charge >= 0.3 is 11.9 Å². The van der Waals surface area contributed by atoms with E-state index in [1.807, 2.05) is 0 Å². The van der Waals surface area contributed by atoms with E-state index in [1.165, 1.54) is 0 Å². The molecule has 0 bridgehead atoms. The topological polar surface area (TPSA) is 247 Å². The number of nitro benzene ring substituents is 4. The van der Waals surface area contributed by atoms with E-state index in [9.17, 15) is 50.0 Å². The lowest BCUT2D eigenvalue weighted by Crippen LogP contribution is -2.04. The molecule has 0 unspecified atom stereocenters. The lowest BCUT2D eigenvalue weighted by atomic mass is 10.2. The minimum atomic E-state index is -1.70. The summed E-state index contributed by atoms with van der Waals surface area (Å²) in [6.45, 7) is 0. The highest BCUT2D eigenvalue weighted by Crippen LogP contribution is 2.51. The minimum absolute atomic E-state index is 0.165. The molecular weight excluding hydrogens is 480 g/mol. The average Bonchev–Trinajstić information content (AvgIpc) is 2.70. The van der Waals surface area contributed by atoms with E-state index in [1.54, 1.807) is 0 Å². The number of benzene rings is 2. The minimum Gasteiger partial charge on any atom is -0.478 e. The Bertz CT molecular complexity index is 1050. The molecule has 0 amide bonds. The lowest BCUT2D eigenvalue weighted by molar-refractivity contribution is -0.400. The second kappa shape index (κ2) is 9.22. The maximum atomic E-state index is 11.3. The first-order chi connectivity index (χ1) is 14.8. The van der Waals surface area contributed by atoms with Gasteiger partial charge in [0.05, 0.1) is 30.8 Å². The number of carbonyl (C=O) groups is 2. The third kappa shape index (κ3) is 4.87. The van der Waals surface area contributed by atoms with Gasteiger partial charge in [0.2, 0.25) is 0 Å². The molecule has 0 aromatic heterocycles. The van der Waals surface area contributed by atoms with E-state index < -0.39 is 75.3 Å². The molecule has 2 aromatic rings. The van der Waals surface area contributed by atoms with Crippen LogP contribution in [-0.2, 0) is 0 Å². The maximum Gasteiger partial charge on any atom is 0.336 e. The standard InChI is InChI=1S/C14H6N4O12S2/c19-13(20)5-1-7(15(23)24)11(8(2-5)16(25)26)31-32-12-9(17(27)28)3-6(14(21)22)4-10(12)18(29)30/h1-4H,(H,19,20)(H,21,22). The molecule has 0 aliphatic carbocycles. The molecule has 0 spiro atoms. The van der Waals surface area contributed by atoms with Crippen LogP contribution in [0.15, 0.2) is 34.1 Å². The Morgan fingerprint density at radius 2 is 0.812 bits per heavy atom. The molecular formula is C14H6N4O12S2. The first kappa shape index (κ1) is 24.0. The van der Waals surface area contributed by atoms with Crippen LogP contribution in [0.5, 0.6) is 0 Å². The van der Waals surface area contributed by atoms with Gasteiger partial charge in [0, 0.05) is 24.3 Å². The number of nitrogens with zero attached hydrogens (tertiary/aromatic N) is 4. The van der Waals surface area contributed by atoms with Gasteiger partial charge in [-0.25, -0.2) is 9.59 Å². The van der Waals surface area contributed by atoms with Crippen LogP contribution in [0.3, 0.4) is 0 Å². The van der Waals surface area contributed by atoms with E-state index in [2.05, 4.69) is 0 Å². The van der Waals surface area contributed by atoms with E-state index in [-0.39, 0.29) is 21.6 Å². The Hall–Kier alpha value is -4.32. The molecule has 0 aliphatic rings. The Kier molecular flexibility index (Phi) is 6.90. The zero-order valence-corrected chi connectivity index (χ0v) is 16.5. The lowest BCUT2D eigenvalue weighted by Gasteiger charge is -2.07. The molecule has 0 heterocycles. The molecule has 18 heteroatoms. The quantitative estimate of drug-likeness (QED) is 0.292. The average molecular weight is 486 g/mol. The second-order valence-corrected chi connectivity index (χ2v) is 7.64. The molecule has 16 nitrogen and oxygen atoms in total. The number of carboxylic acids is 2. The first-order valence-electron chi connectivity index (χ1n) is 7.59. The summed E-state index contributed by atoms with van der Waals surface area (Å²) in [6.07, 6.45) is 0. The van der Waals surface area contributed by atoms with Crippen molar-refractivity contribution in [1.29, 1.82) is 0 Å². The van der Waals surface area contributed by atoms with Crippen molar-refractivity contribution in [3.05, 3.63) is 75.8 Å². The van der Waals surface area contributed by atoms with Gasteiger partial charge in [-0.15, -0.1) is 0 Å². The van der Waals surface area contributed by atoms with E-state index in [4.69, 9.17) is 10.2 Å². The smallest absolute Gasteiger partial charge is 0.336 e. The number of aromatic carboxylic acids is 2. The van der Waals surface area contributed by atoms with Crippen LogP contribution < -0.4 is 0 Å². The van der Waals surface area contributed by atoms with Gasteiger partial charge in [0.15, 0.2) is 9.79 Å². The molecule has 2 N–H and O–H groups in total. The van der Waals surface area contributed by atoms with Crippen molar-refractivity contribution in [2.24, 2.45) is 0 Å². The summed E-state index contributed by atoms with van der Waals surface area (Å²) in [5.41, 5.74) is -5.66. The number of nitro groups is 4. The van der Waals surface area contributed by atoms with Gasteiger partial charge in [-0.1, -0.05) is 0 Å². The number of hydrogen-bond donors (Lipinski definition) is 2. The third-order valence-corrected chi connectivity index (χ3v) is 6.09. The number of carboxylic acid groups (broad SMARTS) is 2. The monoisotopic (exact) mass is 486 g/mol. The fraction of sp³-hybridized carbons (Fsp3) is 0. The van der Waals surface area contributed by atoms with E-state index in [0.717, 1.165) is 0 Å². The Labute approximate surface area is 181 Å². The van der Waals surface area contributed by atoms with Gasteiger partial charge < -0.3 is 10.2 Å². The molecule has 0 fully saturated rings. The van der Waals surface area contributed by atoms with Gasteiger partial charge in [0.1, 0.15) is 0 Å². The van der Waals surface area contributed by atoms with Crippen molar-refractivity contribution in [2.45, 2.75) is 9.79 Å². The predicted molar refractivity (Wildman–Crippen MR) is 105 cm³/mol. The van der Waals surface area contributed by atoms with Crippen LogP contribution >= 0.6 is 21.6 Å². The molecule has 0 saturated carbocycles. The van der Waals surface area contributed by atoms with Crippen LogP contribution in [0, 0.1) is 40.5 Å². The van der Waals surface area contributed by atoms with E-state index in [0.29, 0.717) is 24.3 Å². The van der Waals surface area contributed by atoms with Crippen LogP contribution in [-0.4, -0.2) is 41.8 Å². The van der Waals surface area contributed by atoms with Gasteiger partial charge in [-0.2, -0.15) is 0 Å². The van der Waals surface area contributed by atoms with Crippen LogP contribution in [0.1, 0.15) is 20.7 Å². The Morgan fingerprint density at radius 3 is 0.969 bits per heavy atom.